The first-order valence-electron chi connectivity index (χ1n) is 8.33. The first-order chi connectivity index (χ1) is 13.8. The molecule has 0 spiro atoms. The van der Waals surface area contributed by atoms with Crippen molar-refractivity contribution >= 4 is 38.9 Å². The van der Waals surface area contributed by atoms with Crippen molar-refractivity contribution in [3.63, 3.8) is 0 Å². The highest BCUT2D eigenvalue weighted by Gasteiger charge is 2.20. The molecule has 3 rings (SSSR count). The van der Waals surface area contributed by atoms with Crippen LogP contribution in [0.1, 0.15) is 26.3 Å². The predicted octanol–water partition coefficient (Wildman–Crippen LogP) is 2.64. The van der Waals surface area contributed by atoms with Crippen LogP contribution >= 0.6 is 11.3 Å². The summed E-state index contributed by atoms with van der Waals surface area (Å²) in [6.45, 7) is 1.76. The Labute approximate surface area is 171 Å². The standard InChI is InChI=1S/C19H17N3O5S2/c1-12-8-9-14(16(23)11-12)19(25)21-20-18(24)13-5-2-3-6-15(13)22-29(26,27)17-7-4-10-28-17/h2-11,22-23H,1H3,(H,20,24)(H,21,25). The zero-order valence-corrected chi connectivity index (χ0v) is 16.8. The van der Waals surface area contributed by atoms with Crippen molar-refractivity contribution in [2.45, 2.75) is 11.1 Å². The van der Waals surface area contributed by atoms with Crippen LogP contribution in [0.15, 0.2) is 64.2 Å². The number of hydrazine groups is 1. The number of hydrogen-bond acceptors (Lipinski definition) is 6. The largest absolute Gasteiger partial charge is 0.507 e. The summed E-state index contributed by atoms with van der Waals surface area (Å²) in [7, 11) is -3.84. The Kier molecular flexibility index (Phi) is 5.85. The van der Waals surface area contributed by atoms with Gasteiger partial charge in [-0.1, -0.05) is 24.3 Å². The van der Waals surface area contributed by atoms with Crippen molar-refractivity contribution in [3.8, 4) is 5.75 Å². The maximum absolute atomic E-state index is 12.5. The molecule has 0 aliphatic carbocycles. The van der Waals surface area contributed by atoms with Crippen LogP contribution in [0.25, 0.3) is 0 Å². The molecule has 2 amide bonds. The minimum atomic E-state index is -3.84. The van der Waals surface area contributed by atoms with Gasteiger partial charge in [-0.3, -0.25) is 25.2 Å². The Morgan fingerprint density at radius 2 is 1.62 bits per heavy atom. The molecule has 0 unspecified atom stereocenters. The lowest BCUT2D eigenvalue weighted by molar-refractivity contribution is 0.0845. The van der Waals surface area contributed by atoms with Crippen LogP contribution in [0.3, 0.4) is 0 Å². The number of thiophene rings is 1. The highest BCUT2D eigenvalue weighted by molar-refractivity contribution is 7.94. The molecule has 0 bridgehead atoms. The van der Waals surface area contributed by atoms with Crippen LogP contribution < -0.4 is 15.6 Å². The number of phenols is 1. The van der Waals surface area contributed by atoms with Gasteiger partial charge < -0.3 is 5.11 Å². The molecule has 0 aliphatic rings. The average Bonchev–Trinajstić information content (AvgIpc) is 3.22. The molecule has 2 aromatic carbocycles. The second kappa shape index (κ2) is 8.33. The fourth-order valence-corrected chi connectivity index (χ4v) is 4.54. The van der Waals surface area contributed by atoms with Crippen molar-refractivity contribution in [2.24, 2.45) is 0 Å². The quantitative estimate of drug-likeness (QED) is 0.462. The van der Waals surface area contributed by atoms with Crippen LogP contribution in [-0.4, -0.2) is 25.3 Å². The molecule has 8 nitrogen and oxygen atoms in total. The summed E-state index contributed by atoms with van der Waals surface area (Å²) in [5, 5.41) is 11.5. The van der Waals surface area contributed by atoms with Crippen LogP contribution in [0, 0.1) is 6.92 Å². The molecule has 10 heteroatoms. The molecule has 0 aliphatic heterocycles. The van der Waals surface area contributed by atoms with E-state index in [0.717, 1.165) is 16.9 Å². The van der Waals surface area contributed by atoms with Gasteiger partial charge in [-0.05, 0) is 48.2 Å². The van der Waals surface area contributed by atoms with Gasteiger partial charge in [0.2, 0.25) is 0 Å². The van der Waals surface area contributed by atoms with Gasteiger partial charge in [0.1, 0.15) is 9.96 Å². The number of carbonyl (C=O) groups excluding carboxylic acids is 2. The molecule has 0 fully saturated rings. The first kappa shape index (κ1) is 20.4. The van der Waals surface area contributed by atoms with E-state index in [1.54, 1.807) is 36.6 Å². The zero-order chi connectivity index (χ0) is 21.0. The third-order valence-corrected chi connectivity index (χ3v) is 6.63. The molecule has 0 radical (unpaired) electrons. The monoisotopic (exact) mass is 431 g/mol. The van der Waals surface area contributed by atoms with Crippen LogP contribution in [0.2, 0.25) is 0 Å². The molecule has 4 N–H and O–H groups in total. The van der Waals surface area contributed by atoms with Crippen molar-refractivity contribution in [1.82, 2.24) is 10.9 Å². The van der Waals surface area contributed by atoms with Crippen molar-refractivity contribution in [1.29, 1.82) is 0 Å². The summed E-state index contributed by atoms with van der Waals surface area (Å²) in [6.07, 6.45) is 0. The van der Waals surface area contributed by atoms with Gasteiger partial charge in [-0.25, -0.2) is 8.42 Å². The van der Waals surface area contributed by atoms with E-state index in [1.807, 2.05) is 0 Å². The number of nitrogens with one attached hydrogen (secondary N) is 3. The number of benzene rings is 2. The maximum atomic E-state index is 12.5. The second-order valence-corrected chi connectivity index (χ2v) is 8.87. The molecule has 29 heavy (non-hydrogen) atoms. The van der Waals surface area contributed by atoms with Gasteiger partial charge >= 0.3 is 0 Å². The molecular weight excluding hydrogens is 414 g/mol. The highest BCUT2D eigenvalue weighted by Crippen LogP contribution is 2.23. The molecule has 0 saturated heterocycles. The van der Waals surface area contributed by atoms with E-state index in [2.05, 4.69) is 15.6 Å². The number of hydrogen-bond donors (Lipinski definition) is 4. The maximum Gasteiger partial charge on any atom is 0.273 e. The number of amides is 2. The summed E-state index contributed by atoms with van der Waals surface area (Å²) < 4.78 is 27.3. The molecule has 0 saturated carbocycles. The lowest BCUT2D eigenvalue weighted by Crippen LogP contribution is -2.42. The lowest BCUT2D eigenvalue weighted by atomic mass is 10.1. The van der Waals surface area contributed by atoms with E-state index < -0.39 is 21.8 Å². The van der Waals surface area contributed by atoms with E-state index in [1.165, 1.54) is 30.3 Å². The van der Waals surface area contributed by atoms with Gasteiger partial charge in [0.25, 0.3) is 21.8 Å². The van der Waals surface area contributed by atoms with E-state index in [-0.39, 0.29) is 26.8 Å². The first-order valence-corrected chi connectivity index (χ1v) is 10.7. The normalized spacial score (nSPS) is 10.9. The number of anilines is 1. The molecule has 0 atom stereocenters. The predicted molar refractivity (Wildman–Crippen MR) is 109 cm³/mol. The van der Waals surface area contributed by atoms with Crippen LogP contribution in [-0.2, 0) is 10.0 Å². The summed E-state index contributed by atoms with van der Waals surface area (Å²) in [5.74, 6) is -1.66. The molecule has 150 valence electrons. The smallest absolute Gasteiger partial charge is 0.273 e. The molecule has 1 heterocycles. The van der Waals surface area contributed by atoms with E-state index >= 15 is 0 Å². The second-order valence-electron chi connectivity index (χ2n) is 6.01. The number of rotatable bonds is 5. The van der Waals surface area contributed by atoms with Gasteiger partial charge in [-0.2, -0.15) is 0 Å². The van der Waals surface area contributed by atoms with E-state index in [9.17, 15) is 23.1 Å². The van der Waals surface area contributed by atoms with E-state index in [4.69, 9.17) is 0 Å². The minimum absolute atomic E-state index is 0.0115. The summed E-state index contributed by atoms with van der Waals surface area (Å²) in [4.78, 5) is 24.7. The molecule has 3 aromatic rings. The van der Waals surface area contributed by atoms with Gasteiger partial charge in [0.05, 0.1) is 16.8 Å². The molecular formula is C19H17N3O5S2. The Hall–Kier alpha value is -3.37. The number of phenolic OH excluding ortho intramolecular Hbond substituents is 1. The topological polar surface area (TPSA) is 125 Å². The Morgan fingerprint density at radius 1 is 0.931 bits per heavy atom. The number of aryl methyl sites for hydroxylation is 1. The summed E-state index contributed by atoms with van der Waals surface area (Å²) >= 11 is 1.05. The number of sulfonamides is 1. The SMILES string of the molecule is Cc1ccc(C(=O)NNC(=O)c2ccccc2NS(=O)(=O)c2cccs2)c(O)c1. The Morgan fingerprint density at radius 3 is 2.28 bits per heavy atom. The van der Waals surface area contributed by atoms with Gasteiger partial charge in [0, 0.05) is 0 Å². The average molecular weight is 431 g/mol. The third kappa shape index (κ3) is 4.73. The number of aromatic hydroxyl groups is 1. The van der Waals surface area contributed by atoms with E-state index in [0.29, 0.717) is 0 Å². The minimum Gasteiger partial charge on any atom is -0.507 e. The van der Waals surface area contributed by atoms with Crippen LogP contribution in [0.5, 0.6) is 5.75 Å². The lowest BCUT2D eigenvalue weighted by Gasteiger charge is -2.13. The molecule has 1 aromatic heterocycles. The number of carbonyl (C=O) groups is 2. The van der Waals surface area contributed by atoms with Crippen LogP contribution in [0.4, 0.5) is 5.69 Å². The zero-order valence-electron chi connectivity index (χ0n) is 15.2. The van der Waals surface area contributed by atoms with Crippen molar-refractivity contribution in [2.75, 3.05) is 4.72 Å². The van der Waals surface area contributed by atoms with Gasteiger partial charge in [0.15, 0.2) is 0 Å². The fraction of sp³-hybridized carbons (Fsp3) is 0.0526. The summed E-state index contributed by atoms with van der Waals surface area (Å²) in [6, 6.07) is 13.5. The number of para-hydroxylation sites is 1. The highest BCUT2D eigenvalue weighted by atomic mass is 32.2. The Balaban J connectivity index is 1.74. The van der Waals surface area contributed by atoms with Gasteiger partial charge in [-0.15, -0.1) is 11.3 Å². The third-order valence-electron chi connectivity index (χ3n) is 3.86. The van der Waals surface area contributed by atoms with Crippen molar-refractivity contribution in [3.05, 3.63) is 76.7 Å². The fourth-order valence-electron chi connectivity index (χ4n) is 2.46. The summed E-state index contributed by atoms with van der Waals surface area (Å²) in [5.41, 5.74) is 5.26. The Bertz CT molecular complexity index is 1160. The van der Waals surface area contributed by atoms with Crippen molar-refractivity contribution < 1.29 is 23.1 Å².